The molecule has 7 atom stereocenters. The van der Waals surface area contributed by atoms with Gasteiger partial charge in [-0.15, -0.1) is 0 Å². The molecule has 0 radical (unpaired) electrons. The molecule has 1 N–H and O–H groups in total. The first-order valence-corrected chi connectivity index (χ1v) is 13.1. The van der Waals surface area contributed by atoms with E-state index in [1.165, 1.54) is 19.1 Å². The molecule has 3 aliphatic carbocycles. The van der Waals surface area contributed by atoms with E-state index in [0.717, 1.165) is 6.08 Å². The van der Waals surface area contributed by atoms with Gasteiger partial charge < -0.3 is 9.84 Å². The molecule has 3 rings (SSSR count). The van der Waals surface area contributed by atoms with Crippen LogP contribution in [-0.4, -0.2) is 51.5 Å². The highest BCUT2D eigenvalue weighted by molar-refractivity contribution is 8.13. The number of hydrogen-bond donors (Lipinski definition) is 1. The standard InChI is InChI=1S/C26H35F3O5S/c1-6-21(32)34-26(22(33)35-14-27)15(2)7-8-16-11-19(28)18-12-17(30)9-10-24(18,5)25(16,29)20(31)13-23(26,3)4/h9-10,12,15-16,19-20,31H,6-8,11,13-14H2,1-5H3/t15-,16?,19+,20+,24+,25+,26+/m1/s1. The van der Waals surface area contributed by atoms with Crippen LogP contribution >= 0.6 is 11.8 Å². The van der Waals surface area contributed by atoms with Crippen LogP contribution in [-0.2, 0) is 19.1 Å². The van der Waals surface area contributed by atoms with Crippen LogP contribution in [0.3, 0.4) is 0 Å². The first-order valence-electron chi connectivity index (χ1n) is 12.1. The molecule has 0 aromatic carbocycles. The molecule has 0 bridgehead atoms. The number of carbonyl (C=O) groups excluding carboxylic acids is 3. The van der Waals surface area contributed by atoms with E-state index in [1.54, 1.807) is 27.7 Å². The van der Waals surface area contributed by atoms with Crippen molar-refractivity contribution in [2.45, 2.75) is 90.3 Å². The van der Waals surface area contributed by atoms with Gasteiger partial charge in [-0.2, -0.15) is 0 Å². The predicted molar refractivity (Wildman–Crippen MR) is 128 cm³/mol. The third kappa shape index (κ3) is 4.20. The van der Waals surface area contributed by atoms with Gasteiger partial charge >= 0.3 is 5.97 Å². The summed E-state index contributed by atoms with van der Waals surface area (Å²) in [7, 11) is 0. The lowest BCUT2D eigenvalue weighted by molar-refractivity contribution is -0.193. The molecule has 2 fully saturated rings. The quantitative estimate of drug-likeness (QED) is 0.517. The second kappa shape index (κ2) is 9.69. The minimum Gasteiger partial charge on any atom is -0.449 e. The molecule has 9 heteroatoms. The number of ether oxygens (including phenoxy) is 1. The first-order chi connectivity index (χ1) is 16.2. The van der Waals surface area contributed by atoms with Crippen molar-refractivity contribution in [3.63, 3.8) is 0 Å². The molecule has 35 heavy (non-hydrogen) atoms. The van der Waals surface area contributed by atoms with Gasteiger partial charge in [0.25, 0.3) is 0 Å². The molecule has 0 aliphatic heterocycles. The van der Waals surface area contributed by atoms with Crippen LogP contribution in [0.5, 0.6) is 0 Å². The summed E-state index contributed by atoms with van der Waals surface area (Å²) in [6.07, 6.45) is 0.146. The van der Waals surface area contributed by atoms with Crippen molar-refractivity contribution in [2.75, 3.05) is 6.01 Å². The lowest BCUT2D eigenvalue weighted by atomic mass is 9.52. The highest BCUT2D eigenvalue weighted by Crippen LogP contribution is 2.62. The molecular weight excluding hydrogens is 481 g/mol. The summed E-state index contributed by atoms with van der Waals surface area (Å²) in [5.41, 5.74) is -7.05. The Morgan fingerprint density at radius 3 is 2.51 bits per heavy atom. The van der Waals surface area contributed by atoms with Crippen LogP contribution < -0.4 is 0 Å². The third-order valence-electron chi connectivity index (χ3n) is 8.59. The fraction of sp³-hybridized carbons (Fsp3) is 0.731. The molecule has 0 heterocycles. The Morgan fingerprint density at radius 1 is 1.26 bits per heavy atom. The zero-order chi connectivity index (χ0) is 26.4. The summed E-state index contributed by atoms with van der Waals surface area (Å²) in [5.74, 6) is -2.67. The molecule has 5 nitrogen and oxygen atoms in total. The van der Waals surface area contributed by atoms with Crippen molar-refractivity contribution in [3.05, 3.63) is 23.8 Å². The van der Waals surface area contributed by atoms with Crippen molar-refractivity contribution in [1.29, 1.82) is 0 Å². The number of fused-ring (bicyclic) bond motifs is 3. The maximum absolute atomic E-state index is 17.4. The van der Waals surface area contributed by atoms with Gasteiger partial charge in [-0.1, -0.05) is 33.8 Å². The van der Waals surface area contributed by atoms with E-state index in [4.69, 9.17) is 4.74 Å². The van der Waals surface area contributed by atoms with E-state index in [0.29, 0.717) is 11.8 Å². The highest BCUT2D eigenvalue weighted by atomic mass is 32.2. The molecule has 3 aliphatic rings. The Labute approximate surface area is 208 Å². The number of alkyl halides is 3. The zero-order valence-corrected chi connectivity index (χ0v) is 21.7. The van der Waals surface area contributed by atoms with Gasteiger partial charge in [0.15, 0.2) is 17.1 Å². The summed E-state index contributed by atoms with van der Waals surface area (Å²) < 4.78 is 51.8. The average Bonchev–Trinajstić information content (AvgIpc) is 2.80. The van der Waals surface area contributed by atoms with Gasteiger partial charge in [-0.25, -0.2) is 13.2 Å². The fourth-order valence-corrected chi connectivity index (χ4v) is 7.48. The molecule has 196 valence electrons. The normalized spacial score (nSPS) is 40.9. The molecule has 2 saturated carbocycles. The Bertz CT molecular complexity index is 949. The Kier molecular flexibility index (Phi) is 7.74. The largest absolute Gasteiger partial charge is 0.449 e. The smallest absolute Gasteiger partial charge is 0.306 e. The van der Waals surface area contributed by atoms with Crippen molar-refractivity contribution in [2.24, 2.45) is 22.7 Å². The Morgan fingerprint density at radius 2 is 1.91 bits per heavy atom. The Balaban J connectivity index is 2.19. The Hall–Kier alpha value is -1.61. The first kappa shape index (κ1) is 28.0. The predicted octanol–water partition coefficient (Wildman–Crippen LogP) is 5.21. The number of aliphatic hydroxyl groups excluding tert-OH is 1. The van der Waals surface area contributed by atoms with Crippen LogP contribution in [0.1, 0.15) is 66.7 Å². The zero-order valence-electron chi connectivity index (χ0n) is 20.9. The SMILES string of the molecule is CCC(=O)O[C@]1(C(=O)SCF)[C@H](C)CCC2C[C@H](F)C3=CC(=O)C=C[C@]3(C)[C@@]2(F)[C@@H](O)CC1(C)C. The van der Waals surface area contributed by atoms with Crippen molar-refractivity contribution in [1.82, 2.24) is 0 Å². The number of rotatable bonds is 4. The summed E-state index contributed by atoms with van der Waals surface area (Å²) in [4.78, 5) is 37.9. The van der Waals surface area contributed by atoms with Gasteiger partial charge in [-0.05, 0) is 68.0 Å². The van der Waals surface area contributed by atoms with Crippen molar-refractivity contribution < 1.29 is 37.4 Å². The van der Waals surface area contributed by atoms with Crippen LogP contribution in [0.2, 0.25) is 0 Å². The van der Waals surface area contributed by atoms with Gasteiger partial charge in [0.2, 0.25) is 5.12 Å². The van der Waals surface area contributed by atoms with Gasteiger partial charge in [-0.3, -0.25) is 14.4 Å². The summed E-state index contributed by atoms with van der Waals surface area (Å²) in [5, 5.41) is 10.8. The number of aliphatic hydroxyl groups is 1. The van der Waals surface area contributed by atoms with E-state index in [1.807, 2.05) is 0 Å². The topological polar surface area (TPSA) is 80.7 Å². The number of hydrogen-bond acceptors (Lipinski definition) is 6. The van der Waals surface area contributed by atoms with E-state index in [-0.39, 0.29) is 37.7 Å². The molecule has 0 saturated heterocycles. The van der Waals surface area contributed by atoms with Crippen LogP contribution in [0.4, 0.5) is 13.2 Å². The number of esters is 1. The fourth-order valence-electron chi connectivity index (χ4n) is 6.65. The lowest BCUT2D eigenvalue weighted by Crippen LogP contribution is -2.63. The van der Waals surface area contributed by atoms with E-state index in [2.05, 4.69) is 0 Å². The van der Waals surface area contributed by atoms with Crippen LogP contribution in [0.25, 0.3) is 0 Å². The van der Waals surface area contributed by atoms with Gasteiger partial charge in [0.1, 0.15) is 12.2 Å². The van der Waals surface area contributed by atoms with Crippen LogP contribution in [0, 0.1) is 22.7 Å². The lowest BCUT2D eigenvalue weighted by Gasteiger charge is -2.55. The molecule has 0 amide bonds. The second-order valence-electron chi connectivity index (χ2n) is 10.9. The van der Waals surface area contributed by atoms with Gasteiger partial charge in [0, 0.05) is 23.2 Å². The second-order valence-corrected chi connectivity index (χ2v) is 11.8. The summed E-state index contributed by atoms with van der Waals surface area (Å²) in [6, 6.07) is -1.03. The van der Waals surface area contributed by atoms with Crippen molar-refractivity contribution >= 4 is 28.6 Å². The molecule has 0 aromatic rings. The van der Waals surface area contributed by atoms with E-state index >= 15 is 8.78 Å². The minimum absolute atomic E-state index is 0.000590. The van der Waals surface area contributed by atoms with Gasteiger partial charge in [0.05, 0.1) is 6.10 Å². The number of allylic oxidation sites excluding steroid dienone is 4. The summed E-state index contributed by atoms with van der Waals surface area (Å²) in [6.45, 7) is 7.97. The molecule has 1 unspecified atom stereocenters. The minimum atomic E-state index is -2.35. The maximum Gasteiger partial charge on any atom is 0.306 e. The van der Waals surface area contributed by atoms with Crippen LogP contribution in [0.15, 0.2) is 23.8 Å². The molecular formula is C26H35F3O5S. The maximum atomic E-state index is 17.4. The highest BCUT2D eigenvalue weighted by Gasteiger charge is 2.67. The number of halogens is 3. The molecule has 0 aromatic heterocycles. The molecule has 0 spiro atoms. The van der Waals surface area contributed by atoms with Crippen molar-refractivity contribution in [3.8, 4) is 0 Å². The number of ketones is 1. The average molecular weight is 517 g/mol. The van der Waals surface area contributed by atoms with E-state index in [9.17, 15) is 23.9 Å². The number of carbonyl (C=O) groups is 3. The van der Waals surface area contributed by atoms with E-state index < -0.39 is 69.1 Å². The number of thioether (sulfide) groups is 1. The summed E-state index contributed by atoms with van der Waals surface area (Å²) >= 11 is 0.386. The monoisotopic (exact) mass is 516 g/mol. The third-order valence-corrected chi connectivity index (χ3v) is 9.26.